The zero-order chi connectivity index (χ0) is 29.9. The van der Waals surface area contributed by atoms with E-state index in [0.29, 0.717) is 5.56 Å². The van der Waals surface area contributed by atoms with Crippen LogP contribution in [0, 0.1) is 18.0 Å². The van der Waals surface area contributed by atoms with Crippen molar-refractivity contribution >= 4 is 21.9 Å². The van der Waals surface area contributed by atoms with Gasteiger partial charge in [-0.25, -0.2) is 17.8 Å². The fourth-order valence-electron chi connectivity index (χ4n) is 3.68. The Morgan fingerprint density at radius 1 is 1.15 bits per heavy atom. The van der Waals surface area contributed by atoms with E-state index in [1.54, 1.807) is 24.3 Å². The number of nitrogens with one attached hydrogen (secondary N) is 1. The van der Waals surface area contributed by atoms with Gasteiger partial charge in [-0.1, -0.05) is 29.8 Å². The highest BCUT2D eigenvalue weighted by atomic mass is 32.2. The van der Waals surface area contributed by atoms with Crippen molar-refractivity contribution in [2.75, 3.05) is 19.9 Å². The van der Waals surface area contributed by atoms with Crippen molar-refractivity contribution in [3.8, 4) is 16.9 Å². The summed E-state index contributed by atoms with van der Waals surface area (Å²) in [4.78, 5) is 27.3. The van der Waals surface area contributed by atoms with Crippen LogP contribution in [0.4, 0.5) is 13.2 Å². The largest absolute Gasteiger partial charge is 0.569 e. The van der Waals surface area contributed by atoms with Gasteiger partial charge >= 0.3 is 12.1 Å². The second-order valence-electron chi connectivity index (χ2n) is 8.94. The molecule has 1 amide bonds. The Hall–Kier alpha value is -4.67. The molecular weight excluding hydrogens is 573 g/mol. The minimum absolute atomic E-state index is 0.0326. The molecule has 0 radical (unpaired) electrons. The number of hydrogen-bond acceptors (Lipinski definition) is 9. The van der Waals surface area contributed by atoms with E-state index >= 15 is 0 Å². The number of carbonyl (C=O) groups excluding carboxylic acids is 2. The maximum absolute atomic E-state index is 13.4. The maximum Gasteiger partial charge on any atom is 0.435 e. The third-order valence-electron chi connectivity index (χ3n) is 5.89. The number of sulfonamides is 1. The molecule has 41 heavy (non-hydrogen) atoms. The zero-order valence-corrected chi connectivity index (χ0v) is 22.3. The van der Waals surface area contributed by atoms with E-state index in [1.807, 2.05) is 11.6 Å². The van der Waals surface area contributed by atoms with E-state index in [0.717, 1.165) is 40.4 Å². The molecule has 0 saturated carbocycles. The van der Waals surface area contributed by atoms with Gasteiger partial charge in [0.05, 0.1) is 40.3 Å². The summed E-state index contributed by atoms with van der Waals surface area (Å²) >= 11 is 0. The number of hydrazine groups is 1. The van der Waals surface area contributed by atoms with Crippen LogP contribution in [0.25, 0.3) is 16.9 Å². The van der Waals surface area contributed by atoms with Crippen molar-refractivity contribution in [2.45, 2.75) is 24.9 Å². The van der Waals surface area contributed by atoms with Crippen LogP contribution in [-0.4, -0.2) is 59.9 Å². The Morgan fingerprint density at radius 2 is 1.78 bits per heavy atom. The molecule has 0 aliphatic carbocycles. The maximum atomic E-state index is 13.4. The third-order valence-corrected chi connectivity index (χ3v) is 7.25. The minimum atomic E-state index is -4.70. The van der Waals surface area contributed by atoms with Gasteiger partial charge in [0.2, 0.25) is 11.2 Å². The van der Waals surface area contributed by atoms with Gasteiger partial charge in [-0.3, -0.25) is 9.59 Å². The highest BCUT2D eigenvalue weighted by molar-refractivity contribution is 7.90. The van der Waals surface area contributed by atoms with E-state index in [2.05, 4.69) is 20.0 Å². The monoisotopic (exact) mass is 596 g/mol. The number of halogens is 3. The Labute approximate surface area is 231 Å². The number of alkyl halides is 3. The molecular formula is C24H23F3N6O7S. The highest BCUT2D eigenvalue weighted by Crippen LogP contribution is 2.33. The average molecular weight is 597 g/mol. The quantitative estimate of drug-likeness (QED) is 0.0979. The van der Waals surface area contributed by atoms with Gasteiger partial charge in [-0.05, 0) is 37.3 Å². The first kappa shape index (κ1) is 29.3. The summed E-state index contributed by atoms with van der Waals surface area (Å²) in [5.41, 5.74) is 0.565. The van der Waals surface area contributed by atoms with Gasteiger partial charge in [0.1, 0.15) is 0 Å². The van der Waals surface area contributed by atoms with Gasteiger partial charge in [0.25, 0.3) is 16.8 Å². The number of rotatable bonds is 9. The molecule has 1 fully saturated rings. The molecule has 218 valence electrons. The van der Waals surface area contributed by atoms with E-state index < -0.39 is 46.5 Å². The topological polar surface area (TPSA) is 158 Å². The molecule has 2 heterocycles. The number of aryl methyl sites for hydroxylation is 1. The van der Waals surface area contributed by atoms with E-state index in [1.165, 1.54) is 12.1 Å². The number of aromatic nitrogens is 2. The van der Waals surface area contributed by atoms with Crippen molar-refractivity contribution < 1.29 is 45.7 Å². The molecule has 1 saturated heterocycles. The first-order chi connectivity index (χ1) is 19.2. The van der Waals surface area contributed by atoms with E-state index in [-0.39, 0.29) is 34.3 Å². The molecule has 0 atom stereocenters. The van der Waals surface area contributed by atoms with Crippen LogP contribution in [-0.2, 0) is 35.4 Å². The lowest BCUT2D eigenvalue weighted by Gasteiger charge is -2.32. The lowest BCUT2D eigenvalue weighted by Crippen LogP contribution is -2.56. The van der Waals surface area contributed by atoms with Gasteiger partial charge in [0, 0.05) is 12.5 Å². The van der Waals surface area contributed by atoms with Crippen LogP contribution < -0.4 is 4.72 Å². The standard InChI is InChI=1S/C24H23F3N6O7S/c1-15-3-5-17(6-4-15)21-11-22(24(25,26)27)28-32(21)19-7-9-20(10-8-19)41(37,38)29-23(35)18-12-31(13-18)33(36)30-40-14-39-16(2)34/h3-11,18H,12-14H2,1-2H3,(H,29,35)/b33-30-. The first-order valence-corrected chi connectivity index (χ1v) is 13.3. The van der Waals surface area contributed by atoms with Crippen molar-refractivity contribution in [2.24, 2.45) is 11.2 Å². The summed E-state index contributed by atoms with van der Waals surface area (Å²) < 4.78 is 73.3. The molecule has 0 unspecified atom stereocenters. The van der Waals surface area contributed by atoms with Crippen molar-refractivity contribution in [3.05, 3.63) is 71.1 Å². The van der Waals surface area contributed by atoms with Gasteiger partial charge in [-0.2, -0.15) is 18.3 Å². The molecule has 1 aliphatic rings. The van der Waals surface area contributed by atoms with Crippen LogP contribution in [0.1, 0.15) is 18.2 Å². The fraction of sp³-hybridized carbons (Fsp3) is 0.292. The molecule has 17 heteroatoms. The minimum Gasteiger partial charge on any atom is -0.569 e. The van der Waals surface area contributed by atoms with Crippen LogP contribution >= 0.6 is 0 Å². The normalized spacial score (nSPS) is 14.4. The summed E-state index contributed by atoms with van der Waals surface area (Å²) in [6.45, 7) is 2.06. The first-order valence-electron chi connectivity index (χ1n) is 11.8. The summed E-state index contributed by atoms with van der Waals surface area (Å²) in [7, 11) is -4.34. The number of benzene rings is 2. The molecule has 4 rings (SSSR count). The van der Waals surface area contributed by atoms with Crippen LogP contribution in [0.5, 0.6) is 0 Å². The number of hydrogen-bond donors (Lipinski definition) is 1. The SMILES string of the molecule is CC(=O)OCO/N=[N+](\[O-])N1CC(C(=O)NS(=O)(=O)c2ccc(-n3nc(C(F)(F)F)cc3-c3ccc(C)cc3)cc2)C1. The molecule has 0 spiro atoms. The van der Waals surface area contributed by atoms with E-state index in [4.69, 9.17) is 0 Å². The summed E-state index contributed by atoms with van der Waals surface area (Å²) in [6.07, 6.45) is -4.70. The van der Waals surface area contributed by atoms with Crippen LogP contribution in [0.15, 0.2) is 64.8 Å². The summed E-state index contributed by atoms with van der Waals surface area (Å²) in [5.74, 6) is -2.37. The summed E-state index contributed by atoms with van der Waals surface area (Å²) in [5, 5.41) is 19.6. The van der Waals surface area contributed by atoms with Gasteiger partial charge < -0.3 is 14.8 Å². The number of amides is 1. The number of carbonyl (C=O) groups is 2. The molecule has 2 aromatic carbocycles. The molecule has 0 bridgehead atoms. The molecule has 13 nitrogen and oxygen atoms in total. The van der Waals surface area contributed by atoms with Crippen LogP contribution in [0.3, 0.4) is 0 Å². The Kier molecular flexibility index (Phi) is 8.18. The number of nitrogens with zero attached hydrogens (tertiary/aromatic N) is 5. The summed E-state index contributed by atoms with van der Waals surface area (Å²) in [6, 6.07) is 12.5. The second-order valence-corrected chi connectivity index (χ2v) is 10.6. The zero-order valence-electron chi connectivity index (χ0n) is 21.5. The second kappa shape index (κ2) is 11.4. The fourth-order valence-corrected chi connectivity index (χ4v) is 4.73. The highest BCUT2D eigenvalue weighted by Gasteiger charge is 2.40. The average Bonchev–Trinajstić information content (AvgIpc) is 3.32. The van der Waals surface area contributed by atoms with Crippen molar-refractivity contribution in [1.82, 2.24) is 19.5 Å². The van der Waals surface area contributed by atoms with Crippen molar-refractivity contribution in [3.63, 3.8) is 0 Å². The predicted molar refractivity (Wildman–Crippen MR) is 133 cm³/mol. The van der Waals surface area contributed by atoms with Gasteiger partial charge in [-0.15, -0.1) is 5.01 Å². The Bertz CT molecular complexity index is 1570. The predicted octanol–water partition coefficient (Wildman–Crippen LogP) is 2.93. The lowest BCUT2D eigenvalue weighted by atomic mass is 10.0. The lowest BCUT2D eigenvalue weighted by molar-refractivity contribution is -0.726. The number of ether oxygens (including phenoxy) is 1. The van der Waals surface area contributed by atoms with Crippen molar-refractivity contribution in [1.29, 1.82) is 0 Å². The Morgan fingerprint density at radius 3 is 2.37 bits per heavy atom. The Balaban J connectivity index is 1.44. The molecule has 1 N–H and O–H groups in total. The third kappa shape index (κ3) is 6.92. The molecule has 1 aliphatic heterocycles. The van der Waals surface area contributed by atoms with Gasteiger partial charge in [0.15, 0.2) is 5.69 Å². The van der Waals surface area contributed by atoms with Crippen LogP contribution in [0.2, 0.25) is 0 Å². The molecule has 3 aromatic rings. The smallest absolute Gasteiger partial charge is 0.435 e. The van der Waals surface area contributed by atoms with E-state index in [9.17, 15) is 36.4 Å². The number of esters is 1. The molecule has 1 aromatic heterocycles.